The molecular weight excluding hydrogens is 192 g/mol. The van der Waals surface area contributed by atoms with E-state index in [1.165, 1.54) is 13.2 Å². The van der Waals surface area contributed by atoms with Gasteiger partial charge in [-0.2, -0.15) is 0 Å². The molecule has 0 radical (unpaired) electrons. The lowest BCUT2D eigenvalue weighted by Gasteiger charge is -2.03. The van der Waals surface area contributed by atoms with Gasteiger partial charge in [0.05, 0.1) is 17.8 Å². The van der Waals surface area contributed by atoms with Gasteiger partial charge in [0, 0.05) is 5.56 Å². The number of carbonyl (C=O) groups is 1. The van der Waals surface area contributed by atoms with Crippen LogP contribution in [0.1, 0.15) is 10.4 Å². The van der Waals surface area contributed by atoms with Crippen LogP contribution in [0.4, 0.5) is 5.69 Å². The molecule has 0 saturated heterocycles. The van der Waals surface area contributed by atoms with Gasteiger partial charge in [0.2, 0.25) is 0 Å². The Hall–Kier alpha value is -1.26. The average molecular weight is 201 g/mol. The fourth-order valence-corrected chi connectivity index (χ4v) is 1.00. The topological polar surface area (TPSA) is 64.3 Å². The normalized spacial score (nSPS) is 9.69. The summed E-state index contributed by atoms with van der Waals surface area (Å²) in [6.45, 7) is 0. The van der Waals surface area contributed by atoms with Crippen LogP contribution in [-0.4, -0.2) is 13.0 Å². The van der Waals surface area contributed by atoms with Crippen LogP contribution >= 0.6 is 11.6 Å². The second-order valence-electron chi connectivity index (χ2n) is 2.37. The maximum atomic E-state index is 11.2. The Kier molecular flexibility index (Phi) is 3.11. The van der Waals surface area contributed by atoms with Crippen molar-refractivity contribution in [3.05, 3.63) is 28.8 Å². The van der Waals surface area contributed by atoms with Gasteiger partial charge in [-0.15, -0.1) is 0 Å². The van der Waals surface area contributed by atoms with E-state index in [1.54, 1.807) is 12.1 Å². The first-order chi connectivity index (χ1) is 6.15. The number of anilines is 1. The van der Waals surface area contributed by atoms with Gasteiger partial charge in [-0.05, 0) is 18.2 Å². The molecule has 1 amide bonds. The smallest absolute Gasteiger partial charge is 0.274 e. The third-order valence-corrected chi connectivity index (χ3v) is 1.78. The molecule has 0 aromatic heterocycles. The molecule has 70 valence electrons. The zero-order chi connectivity index (χ0) is 9.84. The highest BCUT2D eigenvalue weighted by Gasteiger charge is 2.06. The van der Waals surface area contributed by atoms with Crippen molar-refractivity contribution >= 4 is 23.2 Å². The molecule has 1 aromatic rings. The Bertz CT molecular complexity index is 328. The molecule has 13 heavy (non-hydrogen) atoms. The molecule has 4 nitrogen and oxygen atoms in total. The second-order valence-corrected chi connectivity index (χ2v) is 2.78. The first-order valence-electron chi connectivity index (χ1n) is 3.53. The maximum absolute atomic E-state index is 11.2. The molecule has 0 heterocycles. The Labute approximate surface area is 80.6 Å². The molecule has 0 bridgehead atoms. The maximum Gasteiger partial charge on any atom is 0.274 e. The van der Waals surface area contributed by atoms with Crippen LogP contribution in [0, 0.1) is 0 Å². The number of rotatable bonds is 2. The number of hydroxylamine groups is 1. The highest BCUT2D eigenvalue weighted by Crippen LogP contribution is 2.19. The van der Waals surface area contributed by atoms with Crippen molar-refractivity contribution in [1.29, 1.82) is 0 Å². The lowest BCUT2D eigenvalue weighted by molar-refractivity contribution is 0.0537. The summed E-state index contributed by atoms with van der Waals surface area (Å²) in [4.78, 5) is 15.6. The zero-order valence-electron chi connectivity index (χ0n) is 7.00. The van der Waals surface area contributed by atoms with Gasteiger partial charge in [0.15, 0.2) is 0 Å². The molecule has 3 N–H and O–H groups in total. The minimum absolute atomic E-state index is 0.351. The number of nitrogens with two attached hydrogens (primary N) is 1. The number of amides is 1. The van der Waals surface area contributed by atoms with Crippen molar-refractivity contribution in [3.8, 4) is 0 Å². The van der Waals surface area contributed by atoms with Crippen molar-refractivity contribution in [1.82, 2.24) is 5.48 Å². The molecule has 1 aromatic carbocycles. The number of carbonyl (C=O) groups excluding carboxylic acids is 1. The van der Waals surface area contributed by atoms with Crippen LogP contribution in [0.25, 0.3) is 0 Å². The minimum atomic E-state index is -0.357. The molecule has 0 saturated carbocycles. The summed E-state index contributed by atoms with van der Waals surface area (Å²) in [5.41, 5.74) is 8.48. The lowest BCUT2D eigenvalue weighted by Crippen LogP contribution is -2.21. The summed E-state index contributed by atoms with van der Waals surface area (Å²) in [7, 11) is 1.36. The SMILES string of the molecule is CONC(=O)c1ccc(N)c(Cl)c1. The predicted molar refractivity (Wildman–Crippen MR) is 50.3 cm³/mol. The van der Waals surface area contributed by atoms with E-state index < -0.39 is 0 Å². The summed E-state index contributed by atoms with van der Waals surface area (Å²) in [6, 6.07) is 4.60. The van der Waals surface area contributed by atoms with Crippen LogP contribution < -0.4 is 11.2 Å². The van der Waals surface area contributed by atoms with Crippen molar-refractivity contribution in [2.24, 2.45) is 0 Å². The number of hydrogen-bond donors (Lipinski definition) is 2. The lowest BCUT2D eigenvalue weighted by atomic mass is 10.2. The highest BCUT2D eigenvalue weighted by molar-refractivity contribution is 6.33. The predicted octanol–water partition coefficient (Wildman–Crippen LogP) is 1.21. The molecule has 0 atom stereocenters. The van der Waals surface area contributed by atoms with Crippen LogP contribution in [0.15, 0.2) is 18.2 Å². The molecule has 0 unspecified atom stereocenters. The molecule has 0 aliphatic rings. The Morgan fingerprint density at radius 1 is 1.62 bits per heavy atom. The van der Waals surface area contributed by atoms with Crippen LogP contribution in [-0.2, 0) is 4.84 Å². The van der Waals surface area contributed by atoms with E-state index >= 15 is 0 Å². The van der Waals surface area contributed by atoms with Gasteiger partial charge in [-0.1, -0.05) is 11.6 Å². The van der Waals surface area contributed by atoms with Gasteiger partial charge in [-0.25, -0.2) is 5.48 Å². The van der Waals surface area contributed by atoms with E-state index in [9.17, 15) is 4.79 Å². The Morgan fingerprint density at radius 3 is 2.85 bits per heavy atom. The largest absolute Gasteiger partial charge is 0.398 e. The quantitative estimate of drug-likeness (QED) is 0.557. The molecule has 1 rings (SSSR count). The second kappa shape index (κ2) is 4.11. The first-order valence-corrected chi connectivity index (χ1v) is 3.91. The molecule has 0 aliphatic heterocycles. The summed E-state index contributed by atoms with van der Waals surface area (Å²) in [5, 5.41) is 0.351. The monoisotopic (exact) mass is 200 g/mol. The van der Waals surface area contributed by atoms with Crippen LogP contribution in [0.2, 0.25) is 5.02 Å². The van der Waals surface area contributed by atoms with Gasteiger partial charge in [-0.3, -0.25) is 9.63 Å². The molecular formula is C8H9ClN2O2. The third kappa shape index (κ3) is 2.34. The van der Waals surface area contributed by atoms with E-state index in [4.69, 9.17) is 17.3 Å². The fourth-order valence-electron chi connectivity index (χ4n) is 0.820. The molecule has 0 aliphatic carbocycles. The van der Waals surface area contributed by atoms with Crippen molar-refractivity contribution in [2.45, 2.75) is 0 Å². The minimum Gasteiger partial charge on any atom is -0.398 e. The van der Waals surface area contributed by atoms with E-state index in [0.717, 1.165) is 0 Å². The van der Waals surface area contributed by atoms with Crippen molar-refractivity contribution in [3.63, 3.8) is 0 Å². The molecule has 5 heteroatoms. The van der Waals surface area contributed by atoms with Crippen molar-refractivity contribution in [2.75, 3.05) is 12.8 Å². The van der Waals surface area contributed by atoms with Gasteiger partial charge in [0.25, 0.3) is 5.91 Å². The number of nitrogens with one attached hydrogen (secondary N) is 1. The number of benzene rings is 1. The summed E-state index contributed by atoms with van der Waals surface area (Å²) < 4.78 is 0. The fraction of sp³-hybridized carbons (Fsp3) is 0.125. The van der Waals surface area contributed by atoms with Crippen molar-refractivity contribution < 1.29 is 9.63 Å². The Morgan fingerprint density at radius 2 is 2.31 bits per heavy atom. The van der Waals surface area contributed by atoms with E-state index in [1.807, 2.05) is 0 Å². The van der Waals surface area contributed by atoms with Gasteiger partial charge >= 0.3 is 0 Å². The third-order valence-electron chi connectivity index (χ3n) is 1.46. The van der Waals surface area contributed by atoms with E-state index in [0.29, 0.717) is 16.3 Å². The van der Waals surface area contributed by atoms with E-state index in [-0.39, 0.29) is 5.91 Å². The standard InChI is InChI=1S/C8H9ClN2O2/c1-13-11-8(12)5-2-3-7(10)6(9)4-5/h2-4H,10H2,1H3,(H,11,12). The van der Waals surface area contributed by atoms with Crippen LogP contribution in [0.5, 0.6) is 0 Å². The average Bonchev–Trinajstić information content (AvgIpc) is 2.10. The van der Waals surface area contributed by atoms with Gasteiger partial charge < -0.3 is 5.73 Å². The zero-order valence-corrected chi connectivity index (χ0v) is 7.76. The summed E-state index contributed by atoms with van der Waals surface area (Å²) in [6.07, 6.45) is 0. The number of nitrogen functional groups attached to an aromatic ring is 1. The summed E-state index contributed by atoms with van der Waals surface area (Å²) >= 11 is 5.71. The van der Waals surface area contributed by atoms with E-state index in [2.05, 4.69) is 10.3 Å². The highest BCUT2D eigenvalue weighted by atomic mass is 35.5. The first kappa shape index (κ1) is 9.83. The van der Waals surface area contributed by atoms with Crippen LogP contribution in [0.3, 0.4) is 0 Å². The van der Waals surface area contributed by atoms with Gasteiger partial charge in [0.1, 0.15) is 0 Å². The number of hydrogen-bond acceptors (Lipinski definition) is 3. The number of halogens is 1. The Balaban J connectivity index is 2.90. The summed E-state index contributed by atoms with van der Waals surface area (Å²) in [5.74, 6) is -0.357. The molecule has 0 fully saturated rings. The molecule has 0 spiro atoms.